The van der Waals surface area contributed by atoms with Crippen molar-refractivity contribution in [3.63, 3.8) is 0 Å². The molecule has 2 amide bonds. The quantitative estimate of drug-likeness (QED) is 0.316. The minimum Gasteiger partial charge on any atom is -0.495 e. The van der Waals surface area contributed by atoms with Gasteiger partial charge in [0, 0.05) is 24.0 Å². The summed E-state index contributed by atoms with van der Waals surface area (Å²) in [6.45, 7) is 3.09. The molecule has 214 valence electrons. The second kappa shape index (κ2) is 13.9. The summed E-state index contributed by atoms with van der Waals surface area (Å²) < 4.78 is 31.9. The van der Waals surface area contributed by atoms with Gasteiger partial charge in [0.15, 0.2) is 0 Å². The van der Waals surface area contributed by atoms with Crippen LogP contribution in [0.3, 0.4) is 0 Å². The number of carbonyl (C=O) groups is 2. The van der Waals surface area contributed by atoms with E-state index >= 15 is 0 Å². The molecule has 0 aliphatic rings. The van der Waals surface area contributed by atoms with Crippen LogP contribution in [0.25, 0.3) is 0 Å². The fourth-order valence-corrected chi connectivity index (χ4v) is 5.46. The van der Waals surface area contributed by atoms with Gasteiger partial charge >= 0.3 is 0 Å². The molecule has 0 radical (unpaired) electrons. The average Bonchev–Trinajstić information content (AvgIpc) is 2.89. The lowest BCUT2D eigenvalue weighted by Gasteiger charge is -2.34. The van der Waals surface area contributed by atoms with Crippen molar-refractivity contribution in [3.05, 3.63) is 94.0 Å². The first kappa shape index (κ1) is 31.3. The van der Waals surface area contributed by atoms with Crippen LogP contribution in [0, 0.1) is 0 Å². The topological polar surface area (TPSA) is 96.0 Å². The van der Waals surface area contributed by atoms with Gasteiger partial charge in [0.1, 0.15) is 18.3 Å². The normalized spacial score (nSPS) is 12.1. The maximum absolute atomic E-state index is 14.1. The van der Waals surface area contributed by atoms with Gasteiger partial charge in [-0.05, 0) is 49.2 Å². The molecule has 40 heavy (non-hydrogen) atoms. The number of sulfonamides is 1. The summed E-state index contributed by atoms with van der Waals surface area (Å²) in [4.78, 5) is 29.0. The molecule has 0 aliphatic heterocycles. The van der Waals surface area contributed by atoms with E-state index in [1.807, 2.05) is 44.2 Å². The van der Waals surface area contributed by atoms with Gasteiger partial charge in [-0.3, -0.25) is 13.9 Å². The molecular formula is C29H33Cl2N3O5S. The lowest BCUT2D eigenvalue weighted by atomic mass is 10.0. The first-order chi connectivity index (χ1) is 18.9. The zero-order valence-corrected chi connectivity index (χ0v) is 25.1. The van der Waals surface area contributed by atoms with Crippen LogP contribution < -0.4 is 14.4 Å². The van der Waals surface area contributed by atoms with Crippen LogP contribution in [0.1, 0.15) is 25.0 Å². The number of nitrogens with zero attached hydrogens (tertiary/aromatic N) is 2. The molecule has 11 heteroatoms. The number of methoxy groups -OCH3 is 1. The Balaban J connectivity index is 2.07. The zero-order chi connectivity index (χ0) is 29.4. The lowest BCUT2D eigenvalue weighted by Crippen LogP contribution is -2.54. The van der Waals surface area contributed by atoms with Gasteiger partial charge in [-0.15, -0.1) is 0 Å². The van der Waals surface area contributed by atoms with E-state index in [-0.39, 0.29) is 35.6 Å². The molecule has 0 aromatic heterocycles. The molecule has 0 spiro atoms. The van der Waals surface area contributed by atoms with Gasteiger partial charge in [0.05, 0.1) is 24.1 Å². The monoisotopic (exact) mass is 605 g/mol. The van der Waals surface area contributed by atoms with Crippen LogP contribution in [0.4, 0.5) is 5.69 Å². The van der Waals surface area contributed by atoms with Crippen molar-refractivity contribution in [3.8, 4) is 5.75 Å². The zero-order valence-electron chi connectivity index (χ0n) is 22.8. The minimum absolute atomic E-state index is 0.0114. The van der Waals surface area contributed by atoms with Crippen molar-refractivity contribution in [2.45, 2.75) is 38.9 Å². The Morgan fingerprint density at radius 1 is 0.950 bits per heavy atom. The molecule has 1 N–H and O–H groups in total. The second-order valence-corrected chi connectivity index (χ2v) is 12.3. The molecule has 0 aliphatic carbocycles. The largest absolute Gasteiger partial charge is 0.495 e. The van der Waals surface area contributed by atoms with E-state index in [2.05, 4.69) is 5.32 Å². The Morgan fingerprint density at radius 3 is 2.17 bits per heavy atom. The standard InChI is InChI=1S/C29H33Cl2N3O5S/c1-20(2)32-29(36)26(16-21-10-6-5-7-11-21)33(18-22-12-8-9-13-24(22)30)28(35)19-34(40(4,37)38)23-14-15-27(39-3)25(31)17-23/h5-15,17,20,26H,16,18-19H2,1-4H3,(H,32,36)/t26-/m1/s1. The third-order valence-corrected chi connectivity index (χ3v) is 7.91. The smallest absolute Gasteiger partial charge is 0.244 e. The molecule has 8 nitrogen and oxygen atoms in total. The third kappa shape index (κ3) is 8.36. The average molecular weight is 607 g/mol. The predicted molar refractivity (Wildman–Crippen MR) is 159 cm³/mol. The van der Waals surface area contributed by atoms with Crippen molar-refractivity contribution in [1.82, 2.24) is 10.2 Å². The van der Waals surface area contributed by atoms with Crippen LogP contribution in [0.5, 0.6) is 5.75 Å². The summed E-state index contributed by atoms with van der Waals surface area (Å²) in [7, 11) is -2.48. The van der Waals surface area contributed by atoms with E-state index in [0.717, 1.165) is 16.1 Å². The van der Waals surface area contributed by atoms with Crippen LogP contribution in [0.2, 0.25) is 10.0 Å². The fourth-order valence-electron chi connectivity index (χ4n) is 4.17. The number of nitrogens with one attached hydrogen (secondary N) is 1. The van der Waals surface area contributed by atoms with Crippen LogP contribution in [0.15, 0.2) is 72.8 Å². The number of amides is 2. The molecule has 0 saturated heterocycles. The summed E-state index contributed by atoms with van der Waals surface area (Å²) >= 11 is 12.7. The second-order valence-electron chi connectivity index (χ2n) is 9.57. The Hall–Kier alpha value is -3.27. The van der Waals surface area contributed by atoms with Gasteiger partial charge in [-0.25, -0.2) is 8.42 Å². The van der Waals surface area contributed by atoms with Crippen molar-refractivity contribution >= 4 is 50.7 Å². The number of hydrogen-bond donors (Lipinski definition) is 1. The van der Waals surface area contributed by atoms with E-state index in [0.29, 0.717) is 16.3 Å². The summed E-state index contributed by atoms with van der Waals surface area (Å²) in [6, 6.07) is 19.6. The van der Waals surface area contributed by atoms with Gasteiger partial charge in [0.2, 0.25) is 21.8 Å². The third-order valence-electron chi connectivity index (χ3n) is 6.10. The number of rotatable bonds is 12. The SMILES string of the molecule is COc1ccc(N(CC(=O)N(Cc2ccccc2Cl)[C@H](Cc2ccccc2)C(=O)NC(C)C)S(C)(=O)=O)cc1Cl. The Bertz CT molecular complexity index is 1430. The van der Waals surface area contributed by atoms with E-state index < -0.39 is 28.5 Å². The van der Waals surface area contributed by atoms with Crippen molar-refractivity contribution in [2.75, 3.05) is 24.2 Å². The van der Waals surface area contributed by atoms with E-state index in [1.54, 1.807) is 24.3 Å². The number of benzene rings is 3. The number of halogens is 2. The molecule has 3 aromatic carbocycles. The van der Waals surface area contributed by atoms with Gasteiger partial charge in [0.25, 0.3) is 0 Å². The van der Waals surface area contributed by atoms with Gasteiger partial charge < -0.3 is 15.0 Å². The van der Waals surface area contributed by atoms with Crippen molar-refractivity contribution < 1.29 is 22.7 Å². The maximum Gasteiger partial charge on any atom is 0.244 e. The summed E-state index contributed by atoms with van der Waals surface area (Å²) in [5.74, 6) is -0.589. The molecule has 3 aromatic rings. The first-order valence-electron chi connectivity index (χ1n) is 12.6. The fraction of sp³-hybridized carbons (Fsp3) is 0.310. The highest BCUT2D eigenvalue weighted by Gasteiger charge is 2.33. The molecule has 1 atom stereocenters. The van der Waals surface area contributed by atoms with E-state index in [9.17, 15) is 18.0 Å². The molecule has 0 heterocycles. The molecule has 0 fully saturated rings. The maximum atomic E-state index is 14.1. The first-order valence-corrected chi connectivity index (χ1v) is 15.2. The van der Waals surface area contributed by atoms with Gasteiger partial charge in [-0.1, -0.05) is 71.7 Å². The molecule has 3 rings (SSSR count). The summed E-state index contributed by atoms with van der Waals surface area (Å²) in [6.07, 6.45) is 1.21. The van der Waals surface area contributed by atoms with Crippen molar-refractivity contribution in [2.24, 2.45) is 0 Å². The molecule has 0 bridgehead atoms. The molecule has 0 saturated carbocycles. The van der Waals surface area contributed by atoms with E-state index in [4.69, 9.17) is 27.9 Å². The number of carbonyl (C=O) groups excluding carboxylic acids is 2. The molecular weight excluding hydrogens is 573 g/mol. The minimum atomic E-state index is -3.93. The number of ether oxygens (including phenoxy) is 1. The molecule has 0 unspecified atom stereocenters. The van der Waals surface area contributed by atoms with Crippen LogP contribution in [-0.2, 0) is 32.6 Å². The van der Waals surface area contributed by atoms with Crippen LogP contribution in [-0.4, -0.2) is 57.1 Å². The highest BCUT2D eigenvalue weighted by atomic mass is 35.5. The Labute approximate surface area is 245 Å². The Morgan fingerprint density at radius 2 is 1.60 bits per heavy atom. The number of anilines is 1. The predicted octanol–water partition coefficient (Wildman–Crippen LogP) is 4.93. The highest BCUT2D eigenvalue weighted by Crippen LogP contribution is 2.30. The summed E-state index contributed by atoms with van der Waals surface area (Å²) in [5, 5.41) is 3.51. The van der Waals surface area contributed by atoms with Crippen LogP contribution >= 0.6 is 23.2 Å². The lowest BCUT2D eigenvalue weighted by molar-refractivity contribution is -0.140. The number of hydrogen-bond acceptors (Lipinski definition) is 5. The van der Waals surface area contributed by atoms with Gasteiger partial charge in [-0.2, -0.15) is 0 Å². The Kier molecular flexibility index (Phi) is 10.8. The van der Waals surface area contributed by atoms with E-state index in [1.165, 1.54) is 30.2 Å². The van der Waals surface area contributed by atoms with Crippen molar-refractivity contribution in [1.29, 1.82) is 0 Å². The summed E-state index contributed by atoms with van der Waals surface area (Å²) in [5.41, 5.74) is 1.64. The highest BCUT2D eigenvalue weighted by molar-refractivity contribution is 7.92.